The second-order valence-electron chi connectivity index (χ2n) is 5.69. The van der Waals surface area contributed by atoms with E-state index in [1.54, 1.807) is 10.2 Å². The molecule has 23 heavy (non-hydrogen) atoms. The van der Waals surface area contributed by atoms with Crippen molar-refractivity contribution in [3.05, 3.63) is 17.8 Å². The van der Waals surface area contributed by atoms with Crippen LogP contribution in [0.4, 0.5) is 24.7 Å². The van der Waals surface area contributed by atoms with Crippen molar-refractivity contribution in [3.8, 4) is 0 Å². The van der Waals surface area contributed by atoms with E-state index >= 15 is 0 Å². The van der Waals surface area contributed by atoms with E-state index in [-0.39, 0.29) is 18.0 Å². The predicted molar refractivity (Wildman–Crippen MR) is 76.2 cm³/mol. The molecule has 1 aliphatic carbocycles. The van der Waals surface area contributed by atoms with Gasteiger partial charge in [0.1, 0.15) is 12.4 Å². The average Bonchev–Trinajstić information content (AvgIpc) is 3.30. The number of pyridine rings is 1. The summed E-state index contributed by atoms with van der Waals surface area (Å²) in [5, 5.41) is 4.64. The number of amides is 2. The maximum Gasteiger partial charge on any atom is 0.405 e. The Morgan fingerprint density at radius 2 is 2.17 bits per heavy atom. The number of carbonyl (C=O) groups excluding carboxylic acids is 2. The first kappa shape index (κ1) is 15.6. The molecule has 1 fully saturated rings. The van der Waals surface area contributed by atoms with Crippen LogP contribution in [0.3, 0.4) is 0 Å². The molecule has 2 amide bonds. The molecule has 0 bridgehead atoms. The Hall–Kier alpha value is -2.32. The molecule has 1 aliphatic heterocycles. The lowest BCUT2D eigenvalue weighted by Gasteiger charge is -2.29. The zero-order valence-corrected chi connectivity index (χ0v) is 12.1. The van der Waals surface area contributed by atoms with E-state index in [4.69, 9.17) is 0 Å². The zero-order chi connectivity index (χ0) is 16.6. The number of nitrogens with one attached hydrogen (secondary N) is 2. The van der Waals surface area contributed by atoms with E-state index in [2.05, 4.69) is 10.3 Å². The van der Waals surface area contributed by atoms with Crippen molar-refractivity contribution in [1.82, 2.24) is 10.3 Å². The number of fused-ring (bicyclic) bond motifs is 1. The molecule has 124 valence electrons. The van der Waals surface area contributed by atoms with Gasteiger partial charge in [-0.3, -0.25) is 9.59 Å². The summed E-state index contributed by atoms with van der Waals surface area (Å²) in [4.78, 5) is 29.5. The quantitative estimate of drug-likeness (QED) is 0.879. The van der Waals surface area contributed by atoms with Crippen molar-refractivity contribution in [1.29, 1.82) is 0 Å². The number of alkyl halides is 3. The molecule has 3 rings (SSSR count). The van der Waals surface area contributed by atoms with Crippen molar-refractivity contribution < 1.29 is 22.8 Å². The number of halogens is 3. The molecule has 2 aliphatic rings. The van der Waals surface area contributed by atoms with E-state index in [1.807, 2.05) is 0 Å². The Bertz CT molecular complexity index is 643. The number of anilines is 2. The summed E-state index contributed by atoms with van der Waals surface area (Å²) < 4.78 is 36.5. The van der Waals surface area contributed by atoms with Gasteiger partial charge in [-0.15, -0.1) is 0 Å². The van der Waals surface area contributed by atoms with Gasteiger partial charge in [0, 0.05) is 12.7 Å². The monoisotopic (exact) mass is 328 g/mol. The summed E-state index contributed by atoms with van der Waals surface area (Å²) in [7, 11) is 0. The van der Waals surface area contributed by atoms with Crippen LogP contribution >= 0.6 is 0 Å². The molecule has 2 heterocycles. The van der Waals surface area contributed by atoms with Gasteiger partial charge in [-0.2, -0.15) is 13.2 Å². The number of rotatable bonds is 4. The molecule has 0 radical (unpaired) electrons. The van der Waals surface area contributed by atoms with Crippen molar-refractivity contribution in [3.63, 3.8) is 0 Å². The van der Waals surface area contributed by atoms with Gasteiger partial charge >= 0.3 is 6.18 Å². The van der Waals surface area contributed by atoms with Crippen LogP contribution in [0.1, 0.15) is 23.2 Å². The van der Waals surface area contributed by atoms with Crippen molar-refractivity contribution in [2.45, 2.75) is 19.0 Å². The Balaban J connectivity index is 1.80. The van der Waals surface area contributed by atoms with Crippen LogP contribution in [-0.4, -0.2) is 42.6 Å². The van der Waals surface area contributed by atoms with Crippen molar-refractivity contribution >= 4 is 23.3 Å². The van der Waals surface area contributed by atoms with Crippen molar-refractivity contribution in [2.75, 3.05) is 29.9 Å². The van der Waals surface area contributed by atoms with Gasteiger partial charge in [-0.05, 0) is 24.8 Å². The highest BCUT2D eigenvalue weighted by Gasteiger charge is 2.32. The van der Waals surface area contributed by atoms with Crippen LogP contribution in [0.25, 0.3) is 0 Å². The predicted octanol–water partition coefficient (Wildman–Crippen LogP) is 1.54. The molecule has 6 nitrogen and oxygen atoms in total. The topological polar surface area (TPSA) is 74.3 Å². The number of hydrogen-bond donors (Lipinski definition) is 2. The van der Waals surface area contributed by atoms with Gasteiger partial charge in [0.2, 0.25) is 5.91 Å². The molecule has 0 aromatic carbocycles. The van der Waals surface area contributed by atoms with Crippen LogP contribution in [0, 0.1) is 5.92 Å². The van der Waals surface area contributed by atoms with Crippen molar-refractivity contribution in [2.24, 2.45) is 5.92 Å². The molecular formula is C14H15F3N4O2. The number of hydrogen-bond acceptors (Lipinski definition) is 4. The van der Waals surface area contributed by atoms with E-state index in [0.717, 1.165) is 12.8 Å². The summed E-state index contributed by atoms with van der Waals surface area (Å²) in [5.41, 5.74) is 0.429. The highest BCUT2D eigenvalue weighted by Crippen LogP contribution is 2.35. The SMILES string of the molecule is O=C(NCC(F)(F)F)c1cnc2c(c1)N(CC1CC1)C(=O)CN2. The summed E-state index contributed by atoms with van der Waals surface area (Å²) in [6.07, 6.45) is -1.19. The third-order valence-electron chi connectivity index (χ3n) is 3.72. The Labute approximate surface area is 130 Å². The molecule has 1 aromatic rings. The van der Waals surface area contributed by atoms with Gasteiger partial charge in [0.05, 0.1) is 17.8 Å². The lowest BCUT2D eigenvalue weighted by atomic mass is 10.2. The minimum Gasteiger partial charge on any atom is -0.359 e. The fraction of sp³-hybridized carbons (Fsp3) is 0.500. The van der Waals surface area contributed by atoms with Crippen LogP contribution in [-0.2, 0) is 4.79 Å². The maximum atomic E-state index is 12.2. The highest BCUT2D eigenvalue weighted by molar-refractivity contribution is 6.04. The van der Waals surface area contributed by atoms with Gasteiger partial charge in [-0.25, -0.2) is 4.98 Å². The average molecular weight is 328 g/mol. The number of carbonyl (C=O) groups is 2. The Morgan fingerprint density at radius 1 is 1.43 bits per heavy atom. The van der Waals surface area contributed by atoms with Gasteiger partial charge in [-0.1, -0.05) is 0 Å². The maximum absolute atomic E-state index is 12.2. The zero-order valence-electron chi connectivity index (χ0n) is 12.1. The minimum absolute atomic E-state index is 0.00898. The molecule has 9 heteroatoms. The van der Waals surface area contributed by atoms with Crippen LogP contribution < -0.4 is 15.5 Å². The van der Waals surface area contributed by atoms with Crippen LogP contribution in [0.2, 0.25) is 0 Å². The third kappa shape index (κ3) is 3.72. The molecule has 0 unspecified atom stereocenters. The third-order valence-corrected chi connectivity index (χ3v) is 3.72. The second kappa shape index (κ2) is 5.71. The van der Waals surface area contributed by atoms with Gasteiger partial charge in [0.15, 0.2) is 0 Å². The fourth-order valence-electron chi connectivity index (χ4n) is 2.35. The number of nitrogens with zero attached hydrogens (tertiary/aromatic N) is 2. The van der Waals surface area contributed by atoms with E-state index in [9.17, 15) is 22.8 Å². The highest BCUT2D eigenvalue weighted by atomic mass is 19.4. The number of aromatic nitrogens is 1. The first-order valence-corrected chi connectivity index (χ1v) is 7.23. The molecule has 0 atom stereocenters. The largest absolute Gasteiger partial charge is 0.405 e. The first-order chi connectivity index (χ1) is 10.8. The summed E-state index contributed by atoms with van der Waals surface area (Å²) in [5.74, 6) is -0.119. The Kier molecular flexibility index (Phi) is 3.87. The smallest absolute Gasteiger partial charge is 0.359 e. The summed E-state index contributed by atoms with van der Waals surface area (Å²) in [6.45, 7) is -0.749. The molecule has 2 N–H and O–H groups in total. The summed E-state index contributed by atoms with van der Waals surface area (Å²) >= 11 is 0. The molecule has 1 aromatic heterocycles. The normalized spacial score (nSPS) is 17.5. The van der Waals surface area contributed by atoms with Gasteiger partial charge < -0.3 is 15.5 Å². The fourth-order valence-corrected chi connectivity index (χ4v) is 2.35. The molecular weight excluding hydrogens is 313 g/mol. The van der Waals surface area contributed by atoms with Crippen LogP contribution in [0.15, 0.2) is 12.3 Å². The van der Waals surface area contributed by atoms with Gasteiger partial charge in [0.25, 0.3) is 5.91 Å². The minimum atomic E-state index is -4.48. The molecule has 1 saturated carbocycles. The first-order valence-electron chi connectivity index (χ1n) is 7.23. The standard InChI is InChI=1S/C14H15F3N4O2/c15-14(16,17)7-20-13(23)9-3-10-12(18-4-9)19-5-11(22)21(10)6-8-1-2-8/h3-4,8H,1-2,5-7H2,(H,18,19)(H,20,23). The second-order valence-corrected chi connectivity index (χ2v) is 5.69. The van der Waals surface area contributed by atoms with E-state index in [1.165, 1.54) is 12.3 Å². The summed E-state index contributed by atoms with van der Waals surface area (Å²) in [6, 6.07) is 1.40. The Morgan fingerprint density at radius 3 is 2.83 bits per heavy atom. The molecule has 0 saturated heterocycles. The molecule has 0 spiro atoms. The van der Waals surface area contributed by atoms with E-state index in [0.29, 0.717) is 24.0 Å². The van der Waals surface area contributed by atoms with E-state index < -0.39 is 18.6 Å². The van der Waals surface area contributed by atoms with Crippen LogP contribution in [0.5, 0.6) is 0 Å². The lowest BCUT2D eigenvalue weighted by molar-refractivity contribution is -0.123. The lowest BCUT2D eigenvalue weighted by Crippen LogP contribution is -2.41.